The van der Waals surface area contributed by atoms with Crippen LogP contribution in [0.4, 0.5) is 11.8 Å². The van der Waals surface area contributed by atoms with E-state index in [4.69, 9.17) is 25.7 Å². The summed E-state index contributed by atoms with van der Waals surface area (Å²) in [5, 5.41) is 0. The van der Waals surface area contributed by atoms with Gasteiger partial charge < -0.3 is 25.7 Å². The van der Waals surface area contributed by atoms with Crippen molar-refractivity contribution in [2.24, 2.45) is 0 Å². The lowest BCUT2D eigenvalue weighted by molar-refractivity contribution is 0.0511. The third-order valence-corrected chi connectivity index (χ3v) is 4.17. The van der Waals surface area contributed by atoms with Gasteiger partial charge in [0.15, 0.2) is 6.79 Å². The highest BCUT2D eigenvalue weighted by atomic mass is 16.7. The van der Waals surface area contributed by atoms with Crippen LogP contribution in [0.2, 0.25) is 0 Å². The molecule has 7 nitrogen and oxygen atoms in total. The molecule has 0 fully saturated rings. The molecule has 4 N–H and O–H groups in total. The van der Waals surface area contributed by atoms with E-state index in [-0.39, 0.29) is 12.7 Å². The van der Waals surface area contributed by atoms with Crippen molar-refractivity contribution in [3.8, 4) is 22.6 Å². The van der Waals surface area contributed by atoms with E-state index in [0.29, 0.717) is 18.8 Å². The van der Waals surface area contributed by atoms with Gasteiger partial charge in [0, 0.05) is 30.9 Å². The number of nitrogen functional groups attached to an aromatic ring is 2. The van der Waals surface area contributed by atoms with Crippen molar-refractivity contribution < 1.29 is 14.2 Å². The van der Waals surface area contributed by atoms with Crippen molar-refractivity contribution in [3.63, 3.8) is 0 Å². The molecule has 0 amide bonds. The van der Waals surface area contributed by atoms with Crippen LogP contribution in [-0.2, 0) is 11.2 Å². The molecule has 0 aliphatic heterocycles. The number of anilines is 2. The summed E-state index contributed by atoms with van der Waals surface area (Å²) in [7, 11) is 1.59. The van der Waals surface area contributed by atoms with Crippen LogP contribution >= 0.6 is 0 Å². The molecule has 3 rings (SSSR count). The minimum atomic E-state index is 0.171. The van der Waals surface area contributed by atoms with E-state index in [2.05, 4.69) is 9.97 Å². The van der Waals surface area contributed by atoms with Crippen LogP contribution in [0.3, 0.4) is 0 Å². The number of hydrogen-bond donors (Lipinski definition) is 2. The number of nitrogens with two attached hydrogens (primary N) is 2. The Labute approximate surface area is 164 Å². The van der Waals surface area contributed by atoms with Crippen molar-refractivity contribution in [1.82, 2.24) is 9.97 Å². The maximum atomic E-state index is 5.95. The standard InChI is InChI=1S/C21H24N4O3/c1-3-27-19-11-14(10-16-12-24-21(23)25-20(16)22)4-9-18(19)15-5-7-17(8-6-15)28-13-26-2/h4-9,11-12H,3,10,13H2,1-2H3,(H4,22,23,24,25). The molecule has 0 aliphatic carbocycles. The van der Waals surface area contributed by atoms with Crippen molar-refractivity contribution >= 4 is 11.8 Å². The molecule has 28 heavy (non-hydrogen) atoms. The fourth-order valence-electron chi connectivity index (χ4n) is 2.84. The van der Waals surface area contributed by atoms with Crippen molar-refractivity contribution in [1.29, 1.82) is 0 Å². The summed E-state index contributed by atoms with van der Waals surface area (Å²) in [6, 6.07) is 13.9. The molecule has 2 aromatic carbocycles. The first-order valence-corrected chi connectivity index (χ1v) is 8.95. The molecular weight excluding hydrogens is 356 g/mol. The zero-order chi connectivity index (χ0) is 19.9. The Balaban J connectivity index is 1.86. The van der Waals surface area contributed by atoms with Crippen molar-refractivity contribution in [2.45, 2.75) is 13.3 Å². The van der Waals surface area contributed by atoms with Crippen LogP contribution in [0.5, 0.6) is 11.5 Å². The van der Waals surface area contributed by atoms with Gasteiger partial charge in [-0.15, -0.1) is 0 Å². The number of hydrogen-bond acceptors (Lipinski definition) is 7. The van der Waals surface area contributed by atoms with Gasteiger partial charge in [-0.3, -0.25) is 0 Å². The molecule has 146 valence electrons. The van der Waals surface area contributed by atoms with E-state index < -0.39 is 0 Å². The summed E-state index contributed by atoms with van der Waals surface area (Å²) >= 11 is 0. The Morgan fingerprint density at radius 1 is 1.00 bits per heavy atom. The van der Waals surface area contributed by atoms with Crippen LogP contribution in [0.15, 0.2) is 48.7 Å². The summed E-state index contributed by atoms with van der Waals surface area (Å²) in [4.78, 5) is 8.04. The van der Waals surface area contributed by atoms with E-state index in [1.807, 2.05) is 49.4 Å². The molecule has 0 spiro atoms. The van der Waals surface area contributed by atoms with Crippen molar-refractivity contribution in [3.05, 3.63) is 59.8 Å². The number of benzene rings is 2. The molecule has 1 aromatic heterocycles. The predicted octanol–water partition coefficient (Wildman–Crippen LogP) is 3.28. The van der Waals surface area contributed by atoms with E-state index >= 15 is 0 Å². The largest absolute Gasteiger partial charge is 0.493 e. The Bertz CT molecular complexity index is 929. The topological polar surface area (TPSA) is 106 Å². The Hall–Kier alpha value is -3.32. The normalized spacial score (nSPS) is 10.6. The second-order valence-electron chi connectivity index (χ2n) is 6.15. The molecule has 0 atom stereocenters. The number of ether oxygens (including phenoxy) is 3. The zero-order valence-electron chi connectivity index (χ0n) is 16.0. The smallest absolute Gasteiger partial charge is 0.221 e. The minimum absolute atomic E-state index is 0.171. The van der Waals surface area contributed by atoms with Crippen LogP contribution < -0.4 is 20.9 Å². The first-order chi connectivity index (χ1) is 13.6. The quantitative estimate of drug-likeness (QED) is 0.578. The van der Waals surface area contributed by atoms with Gasteiger partial charge >= 0.3 is 0 Å². The lowest BCUT2D eigenvalue weighted by Gasteiger charge is -2.14. The van der Waals surface area contributed by atoms with Gasteiger partial charge in [-0.2, -0.15) is 4.98 Å². The summed E-state index contributed by atoms with van der Waals surface area (Å²) in [6.07, 6.45) is 2.25. The van der Waals surface area contributed by atoms with Gasteiger partial charge in [-0.25, -0.2) is 4.98 Å². The van der Waals surface area contributed by atoms with Gasteiger partial charge in [-0.1, -0.05) is 24.3 Å². The monoisotopic (exact) mass is 380 g/mol. The van der Waals surface area contributed by atoms with Gasteiger partial charge in [0.2, 0.25) is 5.95 Å². The van der Waals surface area contributed by atoms with E-state index in [0.717, 1.165) is 33.8 Å². The summed E-state index contributed by atoms with van der Waals surface area (Å²) in [5.74, 6) is 2.12. The van der Waals surface area contributed by atoms with Crippen LogP contribution in [0.1, 0.15) is 18.1 Å². The Kier molecular flexibility index (Phi) is 6.29. The average molecular weight is 380 g/mol. The summed E-state index contributed by atoms with van der Waals surface area (Å²) < 4.78 is 16.2. The van der Waals surface area contributed by atoms with Gasteiger partial charge in [0.25, 0.3) is 0 Å². The van der Waals surface area contributed by atoms with E-state index in [9.17, 15) is 0 Å². The lowest BCUT2D eigenvalue weighted by Crippen LogP contribution is -2.04. The number of nitrogens with zero attached hydrogens (tertiary/aromatic N) is 2. The minimum Gasteiger partial charge on any atom is -0.493 e. The molecule has 0 unspecified atom stereocenters. The number of rotatable bonds is 8. The molecular formula is C21H24N4O3. The second kappa shape index (κ2) is 9.05. The molecule has 0 radical (unpaired) electrons. The molecule has 7 heteroatoms. The Morgan fingerprint density at radius 3 is 2.46 bits per heavy atom. The first kappa shape index (κ1) is 19.4. The van der Waals surface area contributed by atoms with Crippen LogP contribution in [0, 0.1) is 0 Å². The predicted molar refractivity (Wildman–Crippen MR) is 109 cm³/mol. The maximum absolute atomic E-state index is 5.95. The highest BCUT2D eigenvalue weighted by Crippen LogP contribution is 2.33. The Morgan fingerprint density at radius 2 is 1.79 bits per heavy atom. The second-order valence-corrected chi connectivity index (χ2v) is 6.15. The zero-order valence-corrected chi connectivity index (χ0v) is 16.0. The molecule has 0 saturated carbocycles. The fraction of sp³-hybridized carbons (Fsp3) is 0.238. The third-order valence-electron chi connectivity index (χ3n) is 4.17. The van der Waals surface area contributed by atoms with Gasteiger partial charge in [-0.05, 0) is 36.2 Å². The van der Waals surface area contributed by atoms with E-state index in [1.165, 1.54) is 0 Å². The van der Waals surface area contributed by atoms with E-state index in [1.54, 1.807) is 13.3 Å². The van der Waals surface area contributed by atoms with Gasteiger partial charge in [0.1, 0.15) is 17.3 Å². The molecule has 1 heterocycles. The van der Waals surface area contributed by atoms with Crippen LogP contribution in [0.25, 0.3) is 11.1 Å². The first-order valence-electron chi connectivity index (χ1n) is 8.95. The molecule has 0 saturated heterocycles. The van der Waals surface area contributed by atoms with Gasteiger partial charge in [0.05, 0.1) is 6.61 Å². The lowest BCUT2D eigenvalue weighted by atomic mass is 9.99. The SMILES string of the molecule is CCOc1cc(Cc2cnc(N)nc2N)ccc1-c1ccc(OCOC)cc1. The number of aromatic nitrogens is 2. The number of methoxy groups -OCH3 is 1. The third kappa shape index (κ3) is 4.69. The van der Waals surface area contributed by atoms with Crippen LogP contribution in [-0.4, -0.2) is 30.5 Å². The highest BCUT2D eigenvalue weighted by molar-refractivity contribution is 5.71. The highest BCUT2D eigenvalue weighted by Gasteiger charge is 2.10. The summed E-state index contributed by atoms with van der Waals surface area (Å²) in [6.45, 7) is 2.75. The molecule has 0 bridgehead atoms. The maximum Gasteiger partial charge on any atom is 0.221 e. The molecule has 0 aliphatic rings. The average Bonchev–Trinajstić information content (AvgIpc) is 2.70. The van der Waals surface area contributed by atoms with Crippen molar-refractivity contribution in [2.75, 3.05) is 32.0 Å². The summed E-state index contributed by atoms with van der Waals surface area (Å²) in [5.41, 5.74) is 15.4. The molecule has 3 aromatic rings. The fourth-order valence-corrected chi connectivity index (χ4v) is 2.84.